The highest BCUT2D eigenvalue weighted by Crippen LogP contribution is 2.14. The van der Waals surface area contributed by atoms with Crippen molar-refractivity contribution in [1.29, 1.82) is 0 Å². The fraction of sp³-hybridized carbons (Fsp3) is 0.500. The summed E-state index contributed by atoms with van der Waals surface area (Å²) in [6.45, 7) is 2.62. The maximum absolute atomic E-state index is 12.3. The van der Waals surface area contributed by atoms with Crippen LogP contribution in [0.2, 0.25) is 0 Å². The molecule has 0 aliphatic carbocycles. The molecule has 0 unspecified atom stereocenters. The molecule has 1 aromatic carbocycles. The molecular weight excluding hydrogens is 276 g/mol. The fourth-order valence-electron chi connectivity index (χ4n) is 2.21. The summed E-state index contributed by atoms with van der Waals surface area (Å²) < 4.78 is 27.0. The van der Waals surface area contributed by atoms with Crippen molar-refractivity contribution in [3.8, 4) is 0 Å². The molecule has 0 spiro atoms. The molecule has 2 rings (SSSR count). The summed E-state index contributed by atoms with van der Waals surface area (Å²) in [5.41, 5.74) is 1.08. The number of hydrogen-bond acceptors (Lipinski definition) is 3. The van der Waals surface area contributed by atoms with Crippen molar-refractivity contribution >= 4 is 15.9 Å². The number of benzene rings is 1. The molecular formula is C14H20N2O3S. The molecule has 1 saturated heterocycles. The van der Waals surface area contributed by atoms with Gasteiger partial charge in [0, 0.05) is 6.54 Å². The van der Waals surface area contributed by atoms with Gasteiger partial charge in [-0.1, -0.05) is 19.1 Å². The van der Waals surface area contributed by atoms with Crippen molar-refractivity contribution in [1.82, 2.24) is 10.0 Å². The van der Waals surface area contributed by atoms with Gasteiger partial charge in [0.2, 0.25) is 15.9 Å². The quantitative estimate of drug-likeness (QED) is 0.876. The normalized spacial score (nSPS) is 20.2. The van der Waals surface area contributed by atoms with Gasteiger partial charge < -0.3 is 5.32 Å². The predicted octanol–water partition coefficient (Wildman–Crippen LogP) is 1.20. The lowest BCUT2D eigenvalue weighted by Gasteiger charge is -2.15. The van der Waals surface area contributed by atoms with Crippen LogP contribution in [-0.4, -0.2) is 26.9 Å². The van der Waals surface area contributed by atoms with E-state index in [2.05, 4.69) is 10.0 Å². The number of rotatable bonds is 4. The zero-order chi connectivity index (χ0) is 14.6. The molecule has 1 aliphatic rings. The summed E-state index contributed by atoms with van der Waals surface area (Å²) in [7, 11) is -3.64. The molecule has 2 N–H and O–H groups in total. The van der Waals surface area contributed by atoms with E-state index in [9.17, 15) is 13.2 Å². The van der Waals surface area contributed by atoms with Crippen LogP contribution in [-0.2, 0) is 21.2 Å². The number of aryl methyl sites for hydroxylation is 1. The number of nitrogens with one attached hydrogen (secondary N) is 2. The third-order valence-corrected chi connectivity index (χ3v) is 4.96. The molecule has 110 valence electrons. The molecule has 1 fully saturated rings. The summed E-state index contributed by atoms with van der Waals surface area (Å²) in [5, 5.41) is 2.72. The van der Waals surface area contributed by atoms with Crippen LogP contribution >= 0.6 is 0 Å². The SMILES string of the molecule is CCc1ccc(S(=O)(=O)N[C@@H]2CCCCNC2=O)cc1. The molecule has 1 atom stereocenters. The third kappa shape index (κ3) is 3.58. The van der Waals surface area contributed by atoms with Crippen LogP contribution < -0.4 is 10.0 Å². The minimum Gasteiger partial charge on any atom is -0.355 e. The van der Waals surface area contributed by atoms with Crippen LogP contribution in [0.5, 0.6) is 0 Å². The zero-order valence-corrected chi connectivity index (χ0v) is 12.4. The Kier molecular flexibility index (Phi) is 4.77. The fourth-order valence-corrected chi connectivity index (χ4v) is 3.44. The van der Waals surface area contributed by atoms with E-state index in [1.807, 2.05) is 6.92 Å². The molecule has 6 heteroatoms. The Morgan fingerprint density at radius 2 is 1.95 bits per heavy atom. The number of carbonyl (C=O) groups excluding carboxylic acids is 1. The maximum Gasteiger partial charge on any atom is 0.241 e. The van der Waals surface area contributed by atoms with E-state index in [0.717, 1.165) is 24.8 Å². The first-order valence-corrected chi connectivity index (χ1v) is 8.40. The summed E-state index contributed by atoms with van der Waals surface area (Å²) in [6, 6.07) is 6.07. The molecule has 1 amide bonds. The van der Waals surface area contributed by atoms with Crippen molar-refractivity contribution in [2.75, 3.05) is 6.54 Å². The molecule has 1 heterocycles. The second kappa shape index (κ2) is 6.37. The van der Waals surface area contributed by atoms with Gasteiger partial charge in [-0.15, -0.1) is 0 Å². The zero-order valence-electron chi connectivity index (χ0n) is 11.6. The van der Waals surface area contributed by atoms with Gasteiger partial charge >= 0.3 is 0 Å². The molecule has 0 saturated carbocycles. The van der Waals surface area contributed by atoms with E-state index < -0.39 is 16.1 Å². The van der Waals surface area contributed by atoms with Gasteiger partial charge in [-0.25, -0.2) is 8.42 Å². The molecule has 0 aromatic heterocycles. The maximum atomic E-state index is 12.3. The second-order valence-electron chi connectivity index (χ2n) is 4.96. The second-order valence-corrected chi connectivity index (χ2v) is 6.67. The Balaban J connectivity index is 2.14. The average Bonchev–Trinajstić information content (AvgIpc) is 2.64. The van der Waals surface area contributed by atoms with Crippen molar-refractivity contribution in [3.05, 3.63) is 29.8 Å². The lowest BCUT2D eigenvalue weighted by molar-refractivity contribution is -0.122. The van der Waals surface area contributed by atoms with E-state index in [4.69, 9.17) is 0 Å². The van der Waals surface area contributed by atoms with Crippen molar-refractivity contribution < 1.29 is 13.2 Å². The molecule has 20 heavy (non-hydrogen) atoms. The van der Waals surface area contributed by atoms with Gasteiger partial charge in [0.15, 0.2) is 0 Å². The number of amides is 1. The summed E-state index contributed by atoms with van der Waals surface area (Å²) >= 11 is 0. The minimum absolute atomic E-state index is 0.201. The molecule has 1 aliphatic heterocycles. The van der Waals surface area contributed by atoms with Gasteiger partial charge in [0.05, 0.1) is 4.90 Å². The van der Waals surface area contributed by atoms with E-state index in [0.29, 0.717) is 13.0 Å². The van der Waals surface area contributed by atoms with Crippen molar-refractivity contribution in [2.45, 2.75) is 43.5 Å². The monoisotopic (exact) mass is 296 g/mol. The average molecular weight is 296 g/mol. The van der Waals surface area contributed by atoms with E-state index in [-0.39, 0.29) is 10.8 Å². The van der Waals surface area contributed by atoms with E-state index in [1.54, 1.807) is 24.3 Å². The predicted molar refractivity (Wildman–Crippen MR) is 76.8 cm³/mol. The first-order valence-electron chi connectivity index (χ1n) is 6.92. The summed E-state index contributed by atoms with van der Waals surface area (Å²) in [5.74, 6) is -0.240. The topological polar surface area (TPSA) is 75.3 Å². The van der Waals surface area contributed by atoms with Gasteiger partial charge in [-0.3, -0.25) is 4.79 Å². The van der Waals surface area contributed by atoms with Crippen molar-refractivity contribution in [3.63, 3.8) is 0 Å². The van der Waals surface area contributed by atoms with Gasteiger partial charge in [-0.2, -0.15) is 4.72 Å². The van der Waals surface area contributed by atoms with Crippen LogP contribution in [0.3, 0.4) is 0 Å². The number of carbonyl (C=O) groups is 1. The van der Waals surface area contributed by atoms with Crippen molar-refractivity contribution in [2.24, 2.45) is 0 Å². The third-order valence-electron chi connectivity index (χ3n) is 3.47. The highest BCUT2D eigenvalue weighted by molar-refractivity contribution is 7.89. The van der Waals surface area contributed by atoms with Crippen LogP contribution in [0.15, 0.2) is 29.2 Å². The van der Waals surface area contributed by atoms with Crippen LogP contribution in [0.25, 0.3) is 0 Å². The van der Waals surface area contributed by atoms with E-state index >= 15 is 0 Å². The Bertz CT molecular complexity index is 567. The lowest BCUT2D eigenvalue weighted by atomic mass is 10.1. The smallest absolute Gasteiger partial charge is 0.241 e. The molecule has 0 bridgehead atoms. The Hall–Kier alpha value is -1.40. The molecule has 5 nitrogen and oxygen atoms in total. The lowest BCUT2D eigenvalue weighted by Crippen LogP contribution is -2.45. The van der Waals surface area contributed by atoms with Gasteiger partial charge in [0.25, 0.3) is 0 Å². The summed E-state index contributed by atoms with van der Waals surface area (Å²) in [6.07, 6.45) is 3.12. The number of sulfonamides is 1. The largest absolute Gasteiger partial charge is 0.355 e. The Morgan fingerprint density at radius 3 is 2.60 bits per heavy atom. The standard InChI is InChI=1S/C14H20N2O3S/c1-2-11-6-8-12(9-7-11)20(18,19)16-13-5-3-4-10-15-14(13)17/h6-9,13,16H,2-5,10H2,1H3,(H,15,17)/t13-/m1/s1. The van der Waals surface area contributed by atoms with E-state index in [1.165, 1.54) is 0 Å². The Labute approximate surface area is 119 Å². The molecule has 0 radical (unpaired) electrons. The highest BCUT2D eigenvalue weighted by Gasteiger charge is 2.26. The Morgan fingerprint density at radius 1 is 1.25 bits per heavy atom. The first kappa shape index (κ1) is 15.0. The first-order chi connectivity index (χ1) is 9.53. The minimum atomic E-state index is -3.64. The van der Waals surface area contributed by atoms with Crippen LogP contribution in [0.1, 0.15) is 31.7 Å². The summed E-state index contributed by atoms with van der Waals surface area (Å²) in [4.78, 5) is 12.0. The van der Waals surface area contributed by atoms with Crippen LogP contribution in [0.4, 0.5) is 0 Å². The van der Waals surface area contributed by atoms with Gasteiger partial charge in [-0.05, 0) is 43.4 Å². The van der Waals surface area contributed by atoms with Gasteiger partial charge in [0.1, 0.15) is 6.04 Å². The number of hydrogen-bond donors (Lipinski definition) is 2. The van der Waals surface area contributed by atoms with Crippen LogP contribution in [0, 0.1) is 0 Å². The highest BCUT2D eigenvalue weighted by atomic mass is 32.2. The molecule has 1 aromatic rings.